The second-order valence-electron chi connectivity index (χ2n) is 3.61. The highest BCUT2D eigenvalue weighted by Crippen LogP contribution is 2.22. The fourth-order valence-corrected chi connectivity index (χ4v) is 1.89. The first kappa shape index (κ1) is 12.4. The number of nitrogen functional groups attached to an aromatic ring is 1. The summed E-state index contributed by atoms with van der Waals surface area (Å²) in [5.74, 6) is 0.286. The maximum atomic E-state index is 8.84. The van der Waals surface area contributed by atoms with Gasteiger partial charge in [0, 0.05) is 10.7 Å². The van der Waals surface area contributed by atoms with Gasteiger partial charge in [0.1, 0.15) is 18.4 Å². The molecule has 0 radical (unpaired) electrons. The van der Waals surface area contributed by atoms with E-state index in [1.807, 2.05) is 30.3 Å². The number of nitriles is 1. The Morgan fingerprint density at radius 2 is 2.22 bits per heavy atom. The second-order valence-corrected chi connectivity index (χ2v) is 4.52. The molecule has 5 heteroatoms. The van der Waals surface area contributed by atoms with E-state index in [-0.39, 0.29) is 11.6 Å². The normalized spacial score (nSPS) is 9.78. The summed E-state index contributed by atoms with van der Waals surface area (Å²) < 4.78 is 6.49. The van der Waals surface area contributed by atoms with Crippen LogP contribution in [0, 0.1) is 11.3 Å². The lowest BCUT2D eigenvalue weighted by atomic mass is 10.2. The number of hydrogen-bond donors (Lipinski definition) is 1. The number of halogens is 1. The Balaban J connectivity index is 2.14. The first-order valence-electron chi connectivity index (χ1n) is 5.22. The topological polar surface area (TPSA) is 71.9 Å². The lowest BCUT2D eigenvalue weighted by molar-refractivity contribution is 0.295. The Hall–Kier alpha value is -2.06. The molecule has 1 aromatic carbocycles. The molecule has 0 aliphatic heterocycles. The summed E-state index contributed by atoms with van der Waals surface area (Å²) in [6.45, 7) is 0.353. The number of rotatable bonds is 3. The van der Waals surface area contributed by atoms with Gasteiger partial charge in [-0.2, -0.15) is 5.26 Å². The molecule has 0 amide bonds. The van der Waals surface area contributed by atoms with Crippen LogP contribution < -0.4 is 10.5 Å². The van der Waals surface area contributed by atoms with E-state index < -0.39 is 0 Å². The van der Waals surface area contributed by atoms with Crippen LogP contribution in [-0.2, 0) is 6.61 Å². The molecule has 4 nitrogen and oxygen atoms in total. The van der Waals surface area contributed by atoms with Gasteiger partial charge in [-0.15, -0.1) is 0 Å². The zero-order valence-electron chi connectivity index (χ0n) is 9.43. The van der Waals surface area contributed by atoms with E-state index in [1.165, 1.54) is 6.20 Å². The van der Waals surface area contributed by atoms with Crippen LogP contribution in [-0.4, -0.2) is 4.98 Å². The fourth-order valence-electron chi connectivity index (χ4n) is 1.44. The average Bonchev–Trinajstić information content (AvgIpc) is 2.38. The van der Waals surface area contributed by atoms with Crippen molar-refractivity contribution >= 4 is 21.6 Å². The van der Waals surface area contributed by atoms with Crippen molar-refractivity contribution in [1.82, 2.24) is 4.98 Å². The maximum absolute atomic E-state index is 8.84. The van der Waals surface area contributed by atoms with Crippen LogP contribution in [0.3, 0.4) is 0 Å². The molecule has 2 rings (SSSR count). The predicted octanol–water partition coefficient (Wildman–Crippen LogP) is 2.88. The predicted molar refractivity (Wildman–Crippen MR) is 71.8 cm³/mol. The summed E-state index contributed by atoms with van der Waals surface area (Å²) in [6, 6.07) is 11.3. The van der Waals surface area contributed by atoms with Crippen molar-refractivity contribution in [2.45, 2.75) is 6.61 Å². The molecule has 1 aromatic heterocycles. The summed E-state index contributed by atoms with van der Waals surface area (Å²) >= 11 is 3.39. The molecule has 0 aliphatic carbocycles. The Labute approximate surface area is 113 Å². The molecule has 0 saturated heterocycles. The van der Waals surface area contributed by atoms with Gasteiger partial charge in [-0.05, 0) is 23.8 Å². The summed E-state index contributed by atoms with van der Waals surface area (Å²) in [7, 11) is 0. The van der Waals surface area contributed by atoms with Gasteiger partial charge in [-0.3, -0.25) is 0 Å². The van der Waals surface area contributed by atoms with Gasteiger partial charge in [0.15, 0.2) is 0 Å². The first-order valence-corrected chi connectivity index (χ1v) is 6.02. The number of hydrogen-bond acceptors (Lipinski definition) is 4. The lowest BCUT2D eigenvalue weighted by Crippen LogP contribution is -2.02. The molecule has 0 aliphatic rings. The second kappa shape index (κ2) is 5.52. The molecule has 0 fully saturated rings. The molecule has 0 bridgehead atoms. The Kier molecular flexibility index (Phi) is 3.80. The SMILES string of the molecule is N#Cc1ccnc(OCc2cccc(Br)c2)c1N. The Bertz CT molecular complexity index is 607. The van der Waals surface area contributed by atoms with Crippen LogP contribution in [0.25, 0.3) is 0 Å². The number of nitrogens with zero attached hydrogens (tertiary/aromatic N) is 2. The van der Waals surface area contributed by atoms with E-state index in [1.54, 1.807) is 6.07 Å². The quantitative estimate of drug-likeness (QED) is 0.946. The summed E-state index contributed by atoms with van der Waals surface area (Å²) in [6.07, 6.45) is 1.51. The molecule has 2 N–H and O–H groups in total. The highest BCUT2D eigenvalue weighted by molar-refractivity contribution is 9.10. The minimum Gasteiger partial charge on any atom is -0.471 e. The zero-order chi connectivity index (χ0) is 13.0. The van der Waals surface area contributed by atoms with Gasteiger partial charge in [0.25, 0.3) is 0 Å². The minimum absolute atomic E-state index is 0.273. The lowest BCUT2D eigenvalue weighted by Gasteiger charge is -2.08. The van der Waals surface area contributed by atoms with Crippen LogP contribution in [0.1, 0.15) is 11.1 Å². The van der Waals surface area contributed by atoms with E-state index in [2.05, 4.69) is 20.9 Å². The van der Waals surface area contributed by atoms with Crippen molar-refractivity contribution < 1.29 is 4.74 Å². The molecule has 0 spiro atoms. The third-order valence-corrected chi connectivity index (χ3v) is 2.83. The van der Waals surface area contributed by atoms with Crippen molar-refractivity contribution in [2.75, 3.05) is 5.73 Å². The van der Waals surface area contributed by atoms with Crippen LogP contribution in [0.4, 0.5) is 5.69 Å². The summed E-state index contributed by atoms with van der Waals surface area (Å²) in [5, 5.41) is 8.84. The molecule has 90 valence electrons. The van der Waals surface area contributed by atoms with Crippen LogP contribution >= 0.6 is 15.9 Å². The fraction of sp³-hybridized carbons (Fsp3) is 0.0769. The molecule has 0 saturated carbocycles. The number of ether oxygens (including phenoxy) is 1. The number of aromatic nitrogens is 1. The monoisotopic (exact) mass is 303 g/mol. The van der Waals surface area contributed by atoms with Gasteiger partial charge in [0.05, 0.1) is 5.56 Å². The Morgan fingerprint density at radius 3 is 2.94 bits per heavy atom. The maximum Gasteiger partial charge on any atom is 0.238 e. The Morgan fingerprint density at radius 1 is 1.39 bits per heavy atom. The van der Waals surface area contributed by atoms with E-state index in [0.717, 1.165) is 10.0 Å². The molecular formula is C13H10BrN3O. The molecule has 0 atom stereocenters. The van der Waals surface area contributed by atoms with Crippen LogP contribution in [0.15, 0.2) is 41.0 Å². The van der Waals surface area contributed by atoms with E-state index in [9.17, 15) is 0 Å². The zero-order valence-corrected chi connectivity index (χ0v) is 11.0. The number of nitrogens with two attached hydrogens (primary N) is 1. The summed E-state index contributed by atoms with van der Waals surface area (Å²) in [5.41, 5.74) is 7.40. The van der Waals surface area contributed by atoms with Gasteiger partial charge in [-0.25, -0.2) is 4.98 Å². The van der Waals surface area contributed by atoms with E-state index in [4.69, 9.17) is 15.7 Å². The number of benzene rings is 1. The van der Waals surface area contributed by atoms with Crippen molar-refractivity contribution in [3.8, 4) is 11.9 Å². The summed E-state index contributed by atoms with van der Waals surface area (Å²) in [4.78, 5) is 4.01. The first-order chi connectivity index (χ1) is 8.70. The van der Waals surface area contributed by atoms with E-state index in [0.29, 0.717) is 12.2 Å². The van der Waals surface area contributed by atoms with Gasteiger partial charge in [0.2, 0.25) is 5.88 Å². The van der Waals surface area contributed by atoms with Crippen LogP contribution in [0.5, 0.6) is 5.88 Å². The number of pyridine rings is 1. The molecule has 1 heterocycles. The van der Waals surface area contributed by atoms with Crippen molar-refractivity contribution in [1.29, 1.82) is 5.26 Å². The standard InChI is InChI=1S/C13H10BrN3O/c14-11-3-1-2-9(6-11)8-18-13-12(16)10(7-15)4-5-17-13/h1-6H,8,16H2. The van der Waals surface area contributed by atoms with Gasteiger partial charge >= 0.3 is 0 Å². The molecule has 2 aromatic rings. The smallest absolute Gasteiger partial charge is 0.238 e. The van der Waals surface area contributed by atoms with Crippen molar-refractivity contribution in [3.05, 3.63) is 52.1 Å². The highest BCUT2D eigenvalue weighted by atomic mass is 79.9. The van der Waals surface area contributed by atoms with E-state index >= 15 is 0 Å². The van der Waals surface area contributed by atoms with Gasteiger partial charge < -0.3 is 10.5 Å². The molecule has 18 heavy (non-hydrogen) atoms. The highest BCUT2D eigenvalue weighted by Gasteiger charge is 2.07. The minimum atomic E-state index is 0.273. The largest absolute Gasteiger partial charge is 0.471 e. The molecule has 0 unspecified atom stereocenters. The third-order valence-electron chi connectivity index (χ3n) is 2.34. The average molecular weight is 304 g/mol. The third kappa shape index (κ3) is 2.79. The van der Waals surface area contributed by atoms with Gasteiger partial charge in [-0.1, -0.05) is 28.1 Å². The molecular weight excluding hydrogens is 294 g/mol. The van der Waals surface area contributed by atoms with Crippen LogP contribution in [0.2, 0.25) is 0 Å². The van der Waals surface area contributed by atoms with Crippen molar-refractivity contribution in [2.24, 2.45) is 0 Å². The number of anilines is 1. The van der Waals surface area contributed by atoms with Crippen molar-refractivity contribution in [3.63, 3.8) is 0 Å².